The molecule has 0 saturated heterocycles. The summed E-state index contributed by atoms with van der Waals surface area (Å²) in [6, 6.07) is 7.36. The standard InChI is InChI=1S/C17H24N2O4/c1-12(2)10-17(3,16(21)22)18-11-14-6-4-13(5-7-14)8-9-15(20)19-23/h4-9,12,18,23H,10-11H2,1-3H3,(H,19,20)(H,21,22)/t17-/m1/s1. The van der Waals surface area contributed by atoms with Gasteiger partial charge >= 0.3 is 5.97 Å². The van der Waals surface area contributed by atoms with E-state index in [0.717, 1.165) is 11.1 Å². The van der Waals surface area contributed by atoms with Gasteiger partial charge in [-0.05, 0) is 36.5 Å². The zero-order chi connectivity index (χ0) is 17.5. The molecule has 0 aromatic heterocycles. The average Bonchev–Trinajstić information content (AvgIpc) is 2.50. The molecule has 0 aliphatic rings. The van der Waals surface area contributed by atoms with Crippen molar-refractivity contribution in [1.82, 2.24) is 10.8 Å². The summed E-state index contributed by atoms with van der Waals surface area (Å²) >= 11 is 0. The maximum atomic E-state index is 11.5. The Morgan fingerprint density at radius 3 is 2.35 bits per heavy atom. The van der Waals surface area contributed by atoms with Crippen molar-refractivity contribution < 1.29 is 19.9 Å². The molecule has 4 N–H and O–H groups in total. The molecule has 0 unspecified atom stereocenters. The summed E-state index contributed by atoms with van der Waals surface area (Å²) in [5.74, 6) is -1.18. The molecule has 23 heavy (non-hydrogen) atoms. The number of carboxylic acids is 1. The highest BCUT2D eigenvalue weighted by Crippen LogP contribution is 2.18. The van der Waals surface area contributed by atoms with Gasteiger partial charge in [-0.25, -0.2) is 5.48 Å². The Bertz CT molecular complexity index is 566. The van der Waals surface area contributed by atoms with Crippen LogP contribution in [0.1, 0.15) is 38.3 Å². The molecule has 1 aromatic rings. The van der Waals surface area contributed by atoms with Crippen LogP contribution in [-0.2, 0) is 16.1 Å². The molecule has 6 nitrogen and oxygen atoms in total. The van der Waals surface area contributed by atoms with Gasteiger partial charge in [0.15, 0.2) is 0 Å². The van der Waals surface area contributed by atoms with Crippen molar-refractivity contribution in [2.24, 2.45) is 5.92 Å². The molecule has 0 bridgehead atoms. The van der Waals surface area contributed by atoms with Crippen molar-refractivity contribution >= 4 is 18.0 Å². The van der Waals surface area contributed by atoms with E-state index in [1.807, 2.05) is 38.1 Å². The number of rotatable bonds is 8. The van der Waals surface area contributed by atoms with Crippen molar-refractivity contribution in [3.63, 3.8) is 0 Å². The van der Waals surface area contributed by atoms with Crippen molar-refractivity contribution in [2.75, 3.05) is 0 Å². The van der Waals surface area contributed by atoms with Crippen LogP contribution in [0.15, 0.2) is 30.3 Å². The van der Waals surface area contributed by atoms with Gasteiger partial charge in [0.1, 0.15) is 5.54 Å². The van der Waals surface area contributed by atoms with E-state index in [2.05, 4.69) is 5.32 Å². The smallest absolute Gasteiger partial charge is 0.323 e. The van der Waals surface area contributed by atoms with Gasteiger partial charge in [0, 0.05) is 12.6 Å². The number of aliphatic carboxylic acids is 1. The summed E-state index contributed by atoms with van der Waals surface area (Å²) in [5, 5.41) is 20.9. The predicted octanol–water partition coefficient (Wildman–Crippen LogP) is 2.18. The van der Waals surface area contributed by atoms with E-state index >= 15 is 0 Å². The number of amides is 1. The molecule has 0 saturated carbocycles. The van der Waals surface area contributed by atoms with Crippen molar-refractivity contribution in [3.8, 4) is 0 Å². The number of hydrogen-bond donors (Lipinski definition) is 4. The second kappa shape index (κ2) is 8.45. The summed E-state index contributed by atoms with van der Waals surface area (Å²) in [6.45, 7) is 6.12. The van der Waals surface area contributed by atoms with E-state index < -0.39 is 17.4 Å². The molecule has 0 fully saturated rings. The molecule has 1 amide bonds. The fourth-order valence-corrected chi connectivity index (χ4v) is 2.30. The van der Waals surface area contributed by atoms with Gasteiger partial charge in [0.05, 0.1) is 0 Å². The quantitative estimate of drug-likeness (QED) is 0.334. The van der Waals surface area contributed by atoms with Gasteiger partial charge < -0.3 is 5.11 Å². The van der Waals surface area contributed by atoms with Crippen LogP contribution < -0.4 is 10.8 Å². The lowest BCUT2D eigenvalue weighted by Gasteiger charge is -2.28. The van der Waals surface area contributed by atoms with Gasteiger partial charge in [0.2, 0.25) is 0 Å². The third-order valence-corrected chi connectivity index (χ3v) is 3.49. The highest BCUT2D eigenvalue weighted by atomic mass is 16.5. The Hall–Kier alpha value is -2.18. The lowest BCUT2D eigenvalue weighted by Crippen LogP contribution is -2.49. The first-order chi connectivity index (χ1) is 10.8. The summed E-state index contributed by atoms with van der Waals surface area (Å²) in [7, 11) is 0. The number of carbonyl (C=O) groups is 2. The Morgan fingerprint density at radius 1 is 1.26 bits per heavy atom. The van der Waals surface area contributed by atoms with Gasteiger partial charge in [-0.15, -0.1) is 0 Å². The summed E-state index contributed by atoms with van der Waals surface area (Å²) < 4.78 is 0. The molecule has 0 heterocycles. The van der Waals surface area contributed by atoms with Crippen LogP contribution in [0.3, 0.4) is 0 Å². The minimum atomic E-state index is -0.966. The van der Waals surface area contributed by atoms with Gasteiger partial charge in [-0.1, -0.05) is 38.1 Å². The maximum Gasteiger partial charge on any atom is 0.323 e. The van der Waals surface area contributed by atoms with Gasteiger partial charge in [-0.3, -0.25) is 20.1 Å². The molecule has 0 spiro atoms. The minimum absolute atomic E-state index is 0.272. The fraction of sp³-hybridized carbons (Fsp3) is 0.412. The second-order valence-corrected chi connectivity index (χ2v) is 6.14. The number of carboxylic acid groups (broad SMARTS) is 1. The first-order valence-corrected chi connectivity index (χ1v) is 7.46. The van der Waals surface area contributed by atoms with Crippen LogP contribution >= 0.6 is 0 Å². The van der Waals surface area contributed by atoms with Crippen LogP contribution in [0, 0.1) is 5.92 Å². The SMILES string of the molecule is CC(C)C[C@@](C)(NCc1ccc(C=CC(=O)NO)cc1)C(=O)O. The van der Waals surface area contributed by atoms with E-state index in [-0.39, 0.29) is 5.92 Å². The van der Waals surface area contributed by atoms with Gasteiger partial charge in [-0.2, -0.15) is 0 Å². The van der Waals surface area contributed by atoms with E-state index in [9.17, 15) is 14.7 Å². The number of benzene rings is 1. The minimum Gasteiger partial charge on any atom is -0.480 e. The van der Waals surface area contributed by atoms with E-state index in [1.165, 1.54) is 11.6 Å². The monoisotopic (exact) mass is 320 g/mol. The summed E-state index contributed by atoms with van der Waals surface area (Å²) in [4.78, 5) is 22.4. The lowest BCUT2D eigenvalue weighted by atomic mass is 9.90. The van der Waals surface area contributed by atoms with Crippen LogP contribution in [0.4, 0.5) is 0 Å². The Morgan fingerprint density at radius 2 is 1.87 bits per heavy atom. The highest BCUT2D eigenvalue weighted by molar-refractivity contribution is 5.90. The molecule has 6 heteroatoms. The Balaban J connectivity index is 2.69. The van der Waals surface area contributed by atoms with Crippen LogP contribution in [-0.4, -0.2) is 27.7 Å². The molecule has 0 aliphatic carbocycles. The molecule has 1 aromatic carbocycles. The molecular weight excluding hydrogens is 296 g/mol. The number of hydroxylamine groups is 1. The van der Waals surface area contributed by atoms with E-state index in [0.29, 0.717) is 13.0 Å². The Labute approximate surface area is 136 Å². The molecule has 0 radical (unpaired) electrons. The maximum absolute atomic E-state index is 11.5. The fourth-order valence-electron chi connectivity index (χ4n) is 2.30. The largest absolute Gasteiger partial charge is 0.480 e. The first kappa shape index (κ1) is 18.9. The predicted molar refractivity (Wildman–Crippen MR) is 87.7 cm³/mol. The molecule has 1 rings (SSSR count). The lowest BCUT2D eigenvalue weighted by molar-refractivity contribution is -0.145. The Kier molecular flexibility index (Phi) is 6.93. The normalized spacial score (nSPS) is 14.0. The number of nitrogens with one attached hydrogen (secondary N) is 2. The average molecular weight is 320 g/mol. The van der Waals surface area contributed by atoms with Gasteiger partial charge in [0.25, 0.3) is 5.91 Å². The number of hydrogen-bond acceptors (Lipinski definition) is 4. The molecule has 126 valence electrons. The zero-order valence-corrected chi connectivity index (χ0v) is 13.7. The highest BCUT2D eigenvalue weighted by Gasteiger charge is 2.33. The van der Waals surface area contributed by atoms with Crippen LogP contribution in [0.25, 0.3) is 6.08 Å². The topological polar surface area (TPSA) is 98.7 Å². The second-order valence-electron chi connectivity index (χ2n) is 6.14. The van der Waals surface area contributed by atoms with E-state index in [1.54, 1.807) is 13.0 Å². The first-order valence-electron chi connectivity index (χ1n) is 7.46. The third kappa shape index (κ3) is 6.22. The summed E-state index contributed by atoms with van der Waals surface area (Å²) in [6.07, 6.45) is 3.33. The molecular formula is C17H24N2O4. The van der Waals surface area contributed by atoms with E-state index in [4.69, 9.17) is 5.21 Å². The molecule has 0 aliphatic heterocycles. The van der Waals surface area contributed by atoms with Crippen LogP contribution in [0.5, 0.6) is 0 Å². The van der Waals surface area contributed by atoms with Crippen molar-refractivity contribution in [1.29, 1.82) is 0 Å². The zero-order valence-electron chi connectivity index (χ0n) is 13.7. The summed E-state index contributed by atoms with van der Waals surface area (Å²) in [5.41, 5.74) is 2.31. The van der Waals surface area contributed by atoms with Crippen molar-refractivity contribution in [3.05, 3.63) is 41.5 Å². The molecule has 1 atom stereocenters. The third-order valence-electron chi connectivity index (χ3n) is 3.49. The number of carbonyl (C=O) groups excluding carboxylic acids is 1. The van der Waals surface area contributed by atoms with Crippen LogP contribution in [0.2, 0.25) is 0 Å². The van der Waals surface area contributed by atoms with Crippen molar-refractivity contribution in [2.45, 2.75) is 39.3 Å².